The number of aryl methyl sites for hydroxylation is 1. The molecule has 7 nitrogen and oxygen atoms in total. The number of pyridine rings is 1. The van der Waals surface area contributed by atoms with Crippen LogP contribution in [0.5, 0.6) is 5.75 Å². The maximum atomic E-state index is 12.1. The van der Waals surface area contributed by atoms with Gasteiger partial charge < -0.3 is 14.6 Å². The first kappa shape index (κ1) is 21.1. The highest BCUT2D eigenvalue weighted by atomic mass is 16.5. The van der Waals surface area contributed by atoms with Gasteiger partial charge in [0.1, 0.15) is 5.75 Å². The number of urea groups is 1. The fourth-order valence-electron chi connectivity index (χ4n) is 3.64. The molecule has 2 heterocycles. The zero-order valence-electron chi connectivity index (χ0n) is 18.3. The van der Waals surface area contributed by atoms with Gasteiger partial charge in [0.25, 0.3) is 0 Å². The molecule has 7 heteroatoms. The first-order valence-corrected chi connectivity index (χ1v) is 10.4. The Balaban J connectivity index is 1.44. The number of hydrazone groups is 1. The van der Waals surface area contributed by atoms with Crippen LogP contribution in [0.1, 0.15) is 23.9 Å². The number of rotatable bonds is 6. The Morgan fingerprint density at radius 3 is 2.72 bits per heavy atom. The van der Waals surface area contributed by atoms with Crippen molar-refractivity contribution in [2.24, 2.45) is 5.10 Å². The number of hydrogen-bond donors (Lipinski definition) is 2. The standard InChI is InChI=1S/C25H25N5O2/c1-4-32-23-10-7-21(8-11-23)28-25(31)29-27-16-20-14-17(2)30(18(20)3)22-9-12-24-19(15-22)6-5-13-26-24/h5-16H,4H2,1-3H3,(H2,28,29,31)/b27-16+. The topological polar surface area (TPSA) is 80.5 Å². The maximum absolute atomic E-state index is 12.1. The quantitative estimate of drug-likeness (QED) is 0.328. The number of nitrogens with zero attached hydrogens (tertiary/aromatic N) is 3. The van der Waals surface area contributed by atoms with Crippen LogP contribution in [0.3, 0.4) is 0 Å². The molecule has 0 saturated carbocycles. The lowest BCUT2D eigenvalue weighted by molar-refractivity contribution is 0.252. The Hall–Kier alpha value is -4.13. The van der Waals surface area contributed by atoms with E-state index in [0.29, 0.717) is 12.3 Å². The number of carbonyl (C=O) groups is 1. The summed E-state index contributed by atoms with van der Waals surface area (Å²) in [6.07, 6.45) is 3.45. The monoisotopic (exact) mass is 427 g/mol. The van der Waals surface area contributed by atoms with Crippen LogP contribution in [0.2, 0.25) is 0 Å². The summed E-state index contributed by atoms with van der Waals surface area (Å²) in [6.45, 7) is 6.60. The second-order valence-electron chi connectivity index (χ2n) is 7.32. The molecule has 4 aromatic rings. The predicted octanol–water partition coefficient (Wildman–Crippen LogP) is 5.20. The molecule has 2 amide bonds. The van der Waals surface area contributed by atoms with Crippen LogP contribution in [-0.2, 0) is 0 Å². The minimum atomic E-state index is -0.416. The molecule has 0 radical (unpaired) electrons. The lowest BCUT2D eigenvalue weighted by Crippen LogP contribution is -2.24. The Morgan fingerprint density at radius 2 is 1.94 bits per heavy atom. The van der Waals surface area contributed by atoms with Crippen molar-refractivity contribution in [3.63, 3.8) is 0 Å². The molecule has 0 spiro atoms. The van der Waals surface area contributed by atoms with Crippen molar-refractivity contribution in [2.45, 2.75) is 20.8 Å². The van der Waals surface area contributed by atoms with E-state index in [9.17, 15) is 4.79 Å². The van der Waals surface area contributed by atoms with Gasteiger partial charge in [0.15, 0.2) is 0 Å². The molecule has 0 aliphatic carbocycles. The number of nitrogens with one attached hydrogen (secondary N) is 2. The van der Waals surface area contributed by atoms with Crippen molar-refractivity contribution in [1.82, 2.24) is 15.0 Å². The molecule has 0 aliphatic rings. The molecule has 162 valence electrons. The number of hydrogen-bond acceptors (Lipinski definition) is 4. The molecule has 2 N–H and O–H groups in total. The number of anilines is 1. The summed E-state index contributed by atoms with van der Waals surface area (Å²) in [7, 11) is 0. The zero-order valence-corrected chi connectivity index (χ0v) is 18.3. The molecule has 2 aromatic carbocycles. The predicted molar refractivity (Wildman–Crippen MR) is 128 cm³/mol. The van der Waals surface area contributed by atoms with Crippen LogP contribution in [-0.4, -0.2) is 28.4 Å². The summed E-state index contributed by atoms with van der Waals surface area (Å²) in [5.74, 6) is 0.759. The van der Waals surface area contributed by atoms with E-state index < -0.39 is 6.03 Å². The lowest BCUT2D eigenvalue weighted by Gasteiger charge is -2.10. The molecule has 0 fully saturated rings. The van der Waals surface area contributed by atoms with E-state index in [1.165, 1.54) is 0 Å². The summed E-state index contributed by atoms with van der Waals surface area (Å²) >= 11 is 0. The molecule has 0 unspecified atom stereocenters. The molecule has 0 saturated heterocycles. The minimum absolute atomic E-state index is 0.416. The number of fused-ring (bicyclic) bond motifs is 1. The van der Waals surface area contributed by atoms with Crippen LogP contribution in [0.15, 0.2) is 72.0 Å². The van der Waals surface area contributed by atoms with Crippen molar-refractivity contribution in [1.29, 1.82) is 0 Å². The molecule has 0 bridgehead atoms. The normalized spacial score (nSPS) is 11.1. The Morgan fingerprint density at radius 1 is 1.12 bits per heavy atom. The van der Waals surface area contributed by atoms with E-state index in [1.807, 2.05) is 39.0 Å². The largest absolute Gasteiger partial charge is 0.494 e. The molecule has 0 aliphatic heterocycles. The highest BCUT2D eigenvalue weighted by molar-refractivity contribution is 5.90. The van der Waals surface area contributed by atoms with Gasteiger partial charge >= 0.3 is 6.03 Å². The van der Waals surface area contributed by atoms with Crippen molar-refractivity contribution in [2.75, 3.05) is 11.9 Å². The smallest absolute Gasteiger partial charge is 0.339 e. The van der Waals surface area contributed by atoms with E-state index in [-0.39, 0.29) is 0 Å². The molecular formula is C25H25N5O2. The Kier molecular flexibility index (Phi) is 6.17. The van der Waals surface area contributed by atoms with Crippen LogP contribution in [0.25, 0.3) is 16.6 Å². The van der Waals surface area contributed by atoms with Gasteiger partial charge in [-0.05, 0) is 75.4 Å². The van der Waals surface area contributed by atoms with Gasteiger partial charge in [-0.2, -0.15) is 5.10 Å². The average molecular weight is 428 g/mol. The van der Waals surface area contributed by atoms with E-state index in [4.69, 9.17) is 4.74 Å². The summed E-state index contributed by atoms with van der Waals surface area (Å²) in [5.41, 5.74) is 8.22. The molecule has 2 aromatic heterocycles. The third kappa shape index (κ3) is 4.62. The van der Waals surface area contributed by atoms with Crippen LogP contribution >= 0.6 is 0 Å². The van der Waals surface area contributed by atoms with Gasteiger partial charge in [-0.25, -0.2) is 10.2 Å². The molecule has 0 atom stereocenters. The molecule has 32 heavy (non-hydrogen) atoms. The minimum Gasteiger partial charge on any atom is -0.494 e. The zero-order chi connectivity index (χ0) is 22.5. The van der Waals surface area contributed by atoms with Crippen molar-refractivity contribution in [3.8, 4) is 11.4 Å². The van der Waals surface area contributed by atoms with Crippen LogP contribution in [0, 0.1) is 13.8 Å². The van der Waals surface area contributed by atoms with Crippen molar-refractivity contribution >= 4 is 28.8 Å². The summed E-state index contributed by atoms with van der Waals surface area (Å²) < 4.78 is 7.56. The van der Waals surface area contributed by atoms with Crippen molar-refractivity contribution in [3.05, 3.63) is 83.8 Å². The fraction of sp³-hybridized carbons (Fsp3) is 0.160. The Bertz CT molecular complexity index is 1280. The second kappa shape index (κ2) is 9.34. The number of carbonyl (C=O) groups excluding carboxylic acids is 1. The molecule has 4 rings (SSSR count). The van der Waals surface area contributed by atoms with Gasteiger partial charge in [-0.1, -0.05) is 6.07 Å². The molecular weight excluding hydrogens is 402 g/mol. The first-order chi connectivity index (χ1) is 15.5. The number of amides is 2. The van der Waals surface area contributed by atoms with E-state index >= 15 is 0 Å². The van der Waals surface area contributed by atoms with Crippen LogP contribution in [0.4, 0.5) is 10.5 Å². The maximum Gasteiger partial charge on any atom is 0.339 e. The summed E-state index contributed by atoms with van der Waals surface area (Å²) in [5, 5.41) is 7.93. The number of ether oxygens (including phenoxy) is 1. The van der Waals surface area contributed by atoms with Crippen LogP contribution < -0.4 is 15.5 Å². The van der Waals surface area contributed by atoms with Gasteiger partial charge in [0, 0.05) is 39.9 Å². The fourth-order valence-corrected chi connectivity index (χ4v) is 3.64. The lowest BCUT2D eigenvalue weighted by atomic mass is 10.2. The van der Waals surface area contributed by atoms with Gasteiger partial charge in [-0.3, -0.25) is 4.98 Å². The van der Waals surface area contributed by atoms with E-state index in [1.54, 1.807) is 36.7 Å². The SMILES string of the molecule is CCOc1ccc(NC(=O)N/N=C/c2cc(C)n(-c3ccc4ncccc4c3)c2C)cc1. The number of aromatic nitrogens is 2. The Labute approximate surface area is 186 Å². The number of benzene rings is 2. The first-order valence-electron chi connectivity index (χ1n) is 10.4. The van der Waals surface area contributed by atoms with E-state index in [2.05, 4.69) is 43.6 Å². The van der Waals surface area contributed by atoms with Crippen molar-refractivity contribution < 1.29 is 9.53 Å². The third-order valence-corrected chi connectivity index (χ3v) is 5.11. The van der Waals surface area contributed by atoms with Gasteiger partial charge in [0.05, 0.1) is 18.3 Å². The highest BCUT2D eigenvalue weighted by Gasteiger charge is 2.10. The third-order valence-electron chi connectivity index (χ3n) is 5.11. The van der Waals surface area contributed by atoms with Gasteiger partial charge in [-0.15, -0.1) is 0 Å². The van der Waals surface area contributed by atoms with E-state index in [0.717, 1.165) is 39.3 Å². The second-order valence-corrected chi connectivity index (χ2v) is 7.32. The summed E-state index contributed by atoms with van der Waals surface area (Å²) in [4.78, 5) is 16.5. The van der Waals surface area contributed by atoms with Gasteiger partial charge in [0.2, 0.25) is 0 Å². The average Bonchev–Trinajstić information content (AvgIpc) is 3.08. The summed E-state index contributed by atoms with van der Waals surface area (Å²) in [6, 6.07) is 19.0. The highest BCUT2D eigenvalue weighted by Crippen LogP contribution is 2.23.